The molecule has 0 spiro atoms. The number of hydrogen-bond donors (Lipinski definition) is 4. The number of amides is 3. The summed E-state index contributed by atoms with van der Waals surface area (Å²) in [4.78, 5) is 49.2. The van der Waals surface area contributed by atoms with Crippen LogP contribution in [0.2, 0.25) is 0 Å². The van der Waals surface area contributed by atoms with Gasteiger partial charge in [0.1, 0.15) is 18.7 Å². The lowest BCUT2D eigenvalue weighted by Crippen LogP contribution is -2.66. The van der Waals surface area contributed by atoms with Crippen molar-refractivity contribution in [2.45, 2.75) is 64.3 Å². The van der Waals surface area contributed by atoms with Crippen molar-refractivity contribution < 1.29 is 37.8 Å². The first kappa shape index (κ1) is 30.1. The summed E-state index contributed by atoms with van der Waals surface area (Å²) >= 11 is 1.39. The van der Waals surface area contributed by atoms with E-state index in [1.807, 2.05) is 5.32 Å². The van der Waals surface area contributed by atoms with Crippen LogP contribution >= 0.6 is 11.8 Å². The van der Waals surface area contributed by atoms with Crippen LogP contribution in [-0.4, -0.2) is 65.0 Å². The number of carboxylic acids is 1. The molecule has 12 heteroatoms. The van der Waals surface area contributed by atoms with Crippen molar-refractivity contribution in [3.05, 3.63) is 35.9 Å². The summed E-state index contributed by atoms with van der Waals surface area (Å²) in [6.45, 7) is 4.24. The van der Waals surface area contributed by atoms with Gasteiger partial charge in [0.05, 0.1) is 0 Å². The molecule has 0 aromatic heterocycles. The summed E-state index contributed by atoms with van der Waals surface area (Å²) in [6, 6.07) is 6.01. The second kappa shape index (κ2) is 14.5. The Kier molecular flexibility index (Phi) is 12.5. The monoisotopic (exact) mass is 517 g/mol. The number of alkyl carbamates (subject to hydrolysis) is 1. The number of carboxylic acid groups (broad SMARTS) is 1. The van der Waals surface area contributed by atoms with E-state index >= 15 is 0 Å². The van der Waals surface area contributed by atoms with Crippen LogP contribution < -0.4 is 16.0 Å². The molecule has 0 saturated heterocycles. The first-order chi connectivity index (χ1) is 16.4. The van der Waals surface area contributed by atoms with Crippen molar-refractivity contribution in [3.63, 3.8) is 0 Å². The van der Waals surface area contributed by atoms with Crippen LogP contribution in [0.5, 0.6) is 0 Å². The number of aliphatic carboxylic acids is 1. The highest BCUT2D eigenvalue weighted by atomic mass is 32.2. The summed E-state index contributed by atoms with van der Waals surface area (Å²) in [5.74, 6) is -3.36. The van der Waals surface area contributed by atoms with Crippen LogP contribution in [0.15, 0.2) is 30.3 Å². The van der Waals surface area contributed by atoms with Gasteiger partial charge < -0.3 is 25.8 Å². The summed E-state index contributed by atoms with van der Waals surface area (Å²) in [5, 5.41) is 15.8. The molecular weight excluding hydrogens is 484 g/mol. The molecule has 35 heavy (non-hydrogen) atoms. The number of nitrogens with one attached hydrogen (secondary N) is 3. The van der Waals surface area contributed by atoms with Gasteiger partial charge in [0.25, 0.3) is 12.3 Å². The minimum atomic E-state index is -3.32. The zero-order valence-corrected chi connectivity index (χ0v) is 21.0. The van der Waals surface area contributed by atoms with Gasteiger partial charge in [-0.05, 0) is 43.3 Å². The zero-order valence-electron chi connectivity index (χ0n) is 20.2. The summed E-state index contributed by atoms with van der Waals surface area (Å²) < 4.78 is 33.6. The molecule has 3 atom stereocenters. The molecule has 0 saturated carbocycles. The van der Waals surface area contributed by atoms with Crippen LogP contribution in [0.3, 0.4) is 0 Å². The molecule has 1 aromatic rings. The predicted molar refractivity (Wildman–Crippen MR) is 128 cm³/mol. The molecular formula is C23H33F2N3O6S. The molecule has 9 nitrogen and oxygen atoms in total. The molecule has 196 valence electrons. The van der Waals surface area contributed by atoms with Gasteiger partial charge in [0, 0.05) is 0 Å². The van der Waals surface area contributed by atoms with E-state index < -0.39 is 60.3 Å². The number of carbonyl (C=O) groups excluding carboxylic acids is 3. The normalized spacial score (nSPS) is 14.5. The quantitative estimate of drug-likeness (QED) is 0.298. The molecule has 0 heterocycles. The lowest BCUT2D eigenvalue weighted by Gasteiger charge is -2.34. The van der Waals surface area contributed by atoms with E-state index in [0.29, 0.717) is 11.3 Å². The van der Waals surface area contributed by atoms with Crippen molar-refractivity contribution in [2.75, 3.05) is 12.0 Å². The summed E-state index contributed by atoms with van der Waals surface area (Å²) in [5.41, 5.74) is -2.04. The minimum Gasteiger partial charge on any atom is -0.480 e. The van der Waals surface area contributed by atoms with Crippen LogP contribution in [0.25, 0.3) is 0 Å². The molecule has 0 bridgehead atoms. The second-order valence-corrected chi connectivity index (χ2v) is 9.42. The maximum absolute atomic E-state index is 14.3. The van der Waals surface area contributed by atoms with E-state index in [1.54, 1.807) is 50.4 Å². The van der Waals surface area contributed by atoms with E-state index in [1.165, 1.54) is 18.7 Å². The Hall–Kier alpha value is -2.89. The number of halogens is 2. The van der Waals surface area contributed by atoms with Crippen LogP contribution in [0, 0.1) is 5.92 Å². The van der Waals surface area contributed by atoms with E-state index in [9.17, 15) is 33.1 Å². The van der Waals surface area contributed by atoms with E-state index in [4.69, 9.17) is 4.74 Å². The van der Waals surface area contributed by atoms with E-state index in [2.05, 4.69) is 10.6 Å². The van der Waals surface area contributed by atoms with Gasteiger partial charge in [0.2, 0.25) is 5.91 Å². The Morgan fingerprint density at radius 2 is 1.71 bits per heavy atom. The topological polar surface area (TPSA) is 134 Å². The number of alkyl halides is 2. The molecule has 0 aliphatic carbocycles. The Morgan fingerprint density at radius 1 is 1.09 bits per heavy atom. The predicted octanol–water partition coefficient (Wildman–Crippen LogP) is 2.79. The maximum Gasteiger partial charge on any atom is 0.408 e. The highest BCUT2D eigenvalue weighted by Gasteiger charge is 2.50. The third-order valence-corrected chi connectivity index (χ3v) is 5.66. The molecule has 0 fully saturated rings. The lowest BCUT2D eigenvalue weighted by molar-refractivity contribution is -0.142. The van der Waals surface area contributed by atoms with Gasteiger partial charge in [-0.1, -0.05) is 44.2 Å². The number of ether oxygens (including phenoxy) is 1. The third-order valence-electron chi connectivity index (χ3n) is 5.01. The Balaban J connectivity index is 2.97. The smallest absolute Gasteiger partial charge is 0.408 e. The first-order valence-corrected chi connectivity index (χ1v) is 12.4. The zero-order chi connectivity index (χ0) is 26.6. The fourth-order valence-corrected chi connectivity index (χ4v) is 3.68. The van der Waals surface area contributed by atoms with Crippen LogP contribution in [0.1, 0.15) is 39.2 Å². The molecule has 0 aliphatic heterocycles. The van der Waals surface area contributed by atoms with Crippen molar-refractivity contribution in [3.8, 4) is 0 Å². The fraction of sp³-hybridized carbons (Fsp3) is 0.565. The van der Waals surface area contributed by atoms with Gasteiger partial charge >= 0.3 is 12.1 Å². The molecule has 3 amide bonds. The number of thioether (sulfide) groups is 1. The Bertz CT molecular complexity index is 859. The molecule has 0 aliphatic rings. The lowest BCUT2D eigenvalue weighted by atomic mass is 9.87. The molecule has 1 rings (SSSR count). The minimum absolute atomic E-state index is 0.145. The highest BCUT2D eigenvalue weighted by molar-refractivity contribution is 7.98. The molecule has 4 N–H and O–H groups in total. The van der Waals surface area contributed by atoms with Crippen molar-refractivity contribution >= 4 is 35.6 Å². The van der Waals surface area contributed by atoms with Crippen molar-refractivity contribution in [1.82, 2.24) is 16.0 Å². The standard InChI is InChI=1S/C23H33F2N3O6S/c1-14(2)12-23(20(24)25,28-22(33)34-13-16-8-6-5-7-9-16)21(32)26-15(3)18(29)27-17(19(30)31)10-11-35-4/h5-9,14-15,17,20H,10-13H2,1-4H3,(H,26,32)(H,27,29)(H,28,33)(H,30,31)/t15-,17-,23?/m0/s1. The average Bonchev–Trinajstić information content (AvgIpc) is 2.79. The van der Waals surface area contributed by atoms with Crippen molar-refractivity contribution in [2.24, 2.45) is 5.92 Å². The van der Waals surface area contributed by atoms with Crippen LogP contribution in [0.4, 0.5) is 13.6 Å². The van der Waals surface area contributed by atoms with Crippen LogP contribution in [-0.2, 0) is 25.7 Å². The molecule has 0 radical (unpaired) electrons. The Labute approximate surface area is 207 Å². The number of hydrogen-bond acceptors (Lipinski definition) is 6. The number of rotatable bonds is 14. The first-order valence-electron chi connectivity index (χ1n) is 11.0. The molecule has 1 aromatic carbocycles. The third kappa shape index (κ3) is 9.71. The Morgan fingerprint density at radius 3 is 2.23 bits per heavy atom. The summed E-state index contributed by atoms with van der Waals surface area (Å²) in [6.07, 6.45) is -3.05. The van der Waals surface area contributed by atoms with E-state index in [-0.39, 0.29) is 13.0 Å². The SMILES string of the molecule is CSCC[C@H](NC(=O)[C@H](C)NC(=O)C(CC(C)C)(NC(=O)OCc1ccccc1)C(F)F)C(=O)O. The van der Waals surface area contributed by atoms with Gasteiger partial charge in [-0.15, -0.1) is 0 Å². The van der Waals surface area contributed by atoms with Crippen molar-refractivity contribution in [1.29, 1.82) is 0 Å². The van der Waals surface area contributed by atoms with E-state index in [0.717, 1.165) is 0 Å². The van der Waals surface area contributed by atoms with Gasteiger partial charge in [-0.2, -0.15) is 11.8 Å². The average molecular weight is 518 g/mol. The van der Waals surface area contributed by atoms with Gasteiger partial charge in [-0.3, -0.25) is 9.59 Å². The number of carbonyl (C=O) groups is 4. The summed E-state index contributed by atoms with van der Waals surface area (Å²) in [7, 11) is 0. The number of benzene rings is 1. The maximum atomic E-state index is 14.3. The van der Waals surface area contributed by atoms with Gasteiger partial charge in [0.15, 0.2) is 5.54 Å². The largest absolute Gasteiger partial charge is 0.480 e. The fourth-order valence-electron chi connectivity index (χ4n) is 3.21. The second-order valence-electron chi connectivity index (χ2n) is 8.43. The highest BCUT2D eigenvalue weighted by Crippen LogP contribution is 2.26. The molecule has 1 unspecified atom stereocenters. The van der Waals surface area contributed by atoms with Gasteiger partial charge in [-0.25, -0.2) is 18.4 Å².